The lowest BCUT2D eigenvalue weighted by atomic mass is 9.97. The van der Waals surface area contributed by atoms with Gasteiger partial charge in [0.1, 0.15) is 5.82 Å². The highest BCUT2D eigenvalue weighted by Gasteiger charge is 2.26. The number of amides is 1. The molecule has 1 aromatic heterocycles. The van der Waals surface area contributed by atoms with Crippen LogP contribution in [0.5, 0.6) is 11.5 Å². The molecule has 0 saturated carbocycles. The van der Waals surface area contributed by atoms with Crippen molar-refractivity contribution in [3.63, 3.8) is 0 Å². The first kappa shape index (κ1) is 21.5. The molecule has 1 aliphatic heterocycles. The predicted octanol–water partition coefficient (Wildman–Crippen LogP) is 4.31. The topological polar surface area (TPSA) is 77.7 Å². The van der Waals surface area contributed by atoms with Crippen molar-refractivity contribution in [1.29, 1.82) is 0 Å². The number of rotatable bonds is 6. The number of nitrogens with zero attached hydrogens (tertiary/aromatic N) is 3. The van der Waals surface area contributed by atoms with Crippen molar-refractivity contribution in [2.45, 2.75) is 18.8 Å². The highest BCUT2D eigenvalue weighted by molar-refractivity contribution is 5.92. The van der Waals surface area contributed by atoms with Gasteiger partial charge in [-0.2, -0.15) is 0 Å². The number of benzene rings is 2. The standard InChI is InChI=1S/C24H24FN3O4/c1-30-20-9-3-16(15-21(20)31-2)4-10-22(29)28-13-11-18(12-14-28)24-27-26-23(32-24)17-5-7-19(25)8-6-17/h3-10,15,18H,11-14H2,1-2H3. The van der Waals surface area contributed by atoms with Crippen LogP contribution in [0.3, 0.4) is 0 Å². The molecule has 7 nitrogen and oxygen atoms in total. The Morgan fingerprint density at radius 2 is 1.78 bits per heavy atom. The fourth-order valence-electron chi connectivity index (χ4n) is 3.68. The molecule has 1 saturated heterocycles. The van der Waals surface area contributed by atoms with E-state index < -0.39 is 0 Å². The van der Waals surface area contributed by atoms with Gasteiger partial charge in [0, 0.05) is 30.6 Å². The second-order valence-electron chi connectivity index (χ2n) is 7.50. The van der Waals surface area contributed by atoms with E-state index in [1.54, 1.807) is 44.6 Å². The van der Waals surface area contributed by atoms with Crippen LogP contribution in [0.15, 0.2) is 53.0 Å². The maximum absolute atomic E-state index is 13.1. The summed E-state index contributed by atoms with van der Waals surface area (Å²) in [5.74, 6) is 1.91. The zero-order chi connectivity index (χ0) is 22.5. The van der Waals surface area contributed by atoms with Gasteiger partial charge < -0.3 is 18.8 Å². The van der Waals surface area contributed by atoms with Gasteiger partial charge in [-0.25, -0.2) is 4.39 Å². The van der Waals surface area contributed by atoms with Crippen LogP contribution in [-0.2, 0) is 4.79 Å². The molecule has 0 N–H and O–H groups in total. The SMILES string of the molecule is COc1ccc(C=CC(=O)N2CCC(c3nnc(-c4ccc(F)cc4)o3)CC2)cc1OC. The van der Waals surface area contributed by atoms with Gasteiger partial charge in [-0.15, -0.1) is 10.2 Å². The highest BCUT2D eigenvalue weighted by atomic mass is 19.1. The number of halogens is 1. The molecule has 8 heteroatoms. The smallest absolute Gasteiger partial charge is 0.247 e. The summed E-state index contributed by atoms with van der Waals surface area (Å²) in [7, 11) is 3.16. The van der Waals surface area contributed by atoms with Gasteiger partial charge in [-0.1, -0.05) is 6.07 Å². The van der Waals surface area contributed by atoms with Crippen molar-refractivity contribution in [2.24, 2.45) is 0 Å². The lowest BCUT2D eigenvalue weighted by Gasteiger charge is -2.29. The lowest BCUT2D eigenvalue weighted by Crippen LogP contribution is -2.36. The van der Waals surface area contributed by atoms with E-state index in [4.69, 9.17) is 13.9 Å². The van der Waals surface area contributed by atoms with Crippen LogP contribution in [0.4, 0.5) is 4.39 Å². The highest BCUT2D eigenvalue weighted by Crippen LogP contribution is 2.30. The molecule has 3 aromatic rings. The Hall–Kier alpha value is -3.68. The third kappa shape index (κ3) is 4.80. The normalized spacial score (nSPS) is 14.7. The van der Waals surface area contributed by atoms with E-state index in [-0.39, 0.29) is 17.6 Å². The molecular weight excluding hydrogens is 413 g/mol. The minimum absolute atomic E-state index is 0.0456. The van der Waals surface area contributed by atoms with E-state index in [2.05, 4.69) is 10.2 Å². The van der Waals surface area contributed by atoms with Crippen molar-refractivity contribution >= 4 is 12.0 Å². The third-order valence-corrected chi connectivity index (χ3v) is 5.51. The first-order valence-electron chi connectivity index (χ1n) is 10.4. The number of ether oxygens (including phenoxy) is 2. The number of likely N-dealkylation sites (tertiary alicyclic amines) is 1. The van der Waals surface area contributed by atoms with Crippen molar-refractivity contribution in [3.8, 4) is 23.0 Å². The van der Waals surface area contributed by atoms with Gasteiger partial charge in [-0.3, -0.25) is 4.79 Å². The van der Waals surface area contributed by atoms with E-state index >= 15 is 0 Å². The Labute approximate surface area is 185 Å². The van der Waals surface area contributed by atoms with Crippen LogP contribution in [0.1, 0.15) is 30.2 Å². The van der Waals surface area contributed by atoms with Crippen molar-refractivity contribution in [3.05, 3.63) is 65.8 Å². The molecule has 0 bridgehead atoms. The van der Waals surface area contributed by atoms with E-state index in [1.165, 1.54) is 12.1 Å². The van der Waals surface area contributed by atoms with Crippen LogP contribution in [0, 0.1) is 5.82 Å². The second-order valence-corrected chi connectivity index (χ2v) is 7.50. The third-order valence-electron chi connectivity index (χ3n) is 5.51. The van der Waals surface area contributed by atoms with E-state index in [1.807, 2.05) is 17.0 Å². The first-order chi connectivity index (χ1) is 15.6. The van der Waals surface area contributed by atoms with Crippen LogP contribution in [0.2, 0.25) is 0 Å². The van der Waals surface area contributed by atoms with Crippen LogP contribution >= 0.6 is 0 Å². The van der Waals surface area contributed by atoms with Crippen LogP contribution in [-0.4, -0.2) is 48.3 Å². The van der Waals surface area contributed by atoms with Gasteiger partial charge in [0.05, 0.1) is 14.2 Å². The quantitative estimate of drug-likeness (QED) is 0.535. The number of hydrogen-bond acceptors (Lipinski definition) is 6. The van der Waals surface area contributed by atoms with Gasteiger partial charge in [-0.05, 0) is 60.9 Å². The summed E-state index contributed by atoms with van der Waals surface area (Å²) in [6.07, 6.45) is 4.81. The summed E-state index contributed by atoms with van der Waals surface area (Å²) in [5, 5.41) is 8.25. The summed E-state index contributed by atoms with van der Waals surface area (Å²) in [6.45, 7) is 1.21. The fourth-order valence-corrected chi connectivity index (χ4v) is 3.68. The van der Waals surface area contributed by atoms with Gasteiger partial charge in [0.2, 0.25) is 17.7 Å². The van der Waals surface area contributed by atoms with Gasteiger partial charge >= 0.3 is 0 Å². The predicted molar refractivity (Wildman–Crippen MR) is 117 cm³/mol. The molecular formula is C24H24FN3O4. The summed E-state index contributed by atoms with van der Waals surface area (Å²) < 4.78 is 29.4. The van der Waals surface area contributed by atoms with Crippen molar-refractivity contribution < 1.29 is 23.1 Å². The summed E-state index contributed by atoms with van der Waals surface area (Å²) >= 11 is 0. The molecule has 1 fully saturated rings. The largest absolute Gasteiger partial charge is 0.493 e. The molecule has 4 rings (SSSR count). The number of hydrogen-bond donors (Lipinski definition) is 0. The molecule has 0 radical (unpaired) electrons. The molecule has 166 valence electrons. The fraction of sp³-hybridized carbons (Fsp3) is 0.292. The molecule has 2 heterocycles. The van der Waals surface area contributed by atoms with Crippen LogP contribution < -0.4 is 9.47 Å². The number of carbonyl (C=O) groups is 1. The van der Waals surface area contributed by atoms with E-state index in [0.29, 0.717) is 41.9 Å². The Balaban J connectivity index is 1.34. The summed E-state index contributed by atoms with van der Waals surface area (Å²) in [5.41, 5.74) is 1.53. The number of carbonyl (C=O) groups excluding carboxylic acids is 1. The summed E-state index contributed by atoms with van der Waals surface area (Å²) in [6, 6.07) is 11.4. The maximum atomic E-state index is 13.1. The number of piperidine rings is 1. The molecule has 1 amide bonds. The number of methoxy groups -OCH3 is 2. The average Bonchev–Trinajstić information content (AvgIpc) is 3.33. The Morgan fingerprint density at radius 3 is 2.47 bits per heavy atom. The Morgan fingerprint density at radius 1 is 1.06 bits per heavy atom. The summed E-state index contributed by atoms with van der Waals surface area (Å²) in [4.78, 5) is 14.4. The average molecular weight is 437 g/mol. The van der Waals surface area contributed by atoms with Crippen LogP contribution in [0.25, 0.3) is 17.5 Å². The molecule has 2 aromatic carbocycles. The van der Waals surface area contributed by atoms with E-state index in [0.717, 1.165) is 18.4 Å². The monoisotopic (exact) mass is 437 g/mol. The molecule has 1 aliphatic rings. The maximum Gasteiger partial charge on any atom is 0.247 e. The van der Waals surface area contributed by atoms with Gasteiger partial charge in [0.15, 0.2) is 11.5 Å². The van der Waals surface area contributed by atoms with Crippen molar-refractivity contribution in [2.75, 3.05) is 27.3 Å². The minimum atomic E-state index is -0.314. The second kappa shape index (κ2) is 9.64. The molecule has 0 aliphatic carbocycles. The zero-order valence-corrected chi connectivity index (χ0v) is 18.0. The van der Waals surface area contributed by atoms with Crippen molar-refractivity contribution in [1.82, 2.24) is 15.1 Å². The minimum Gasteiger partial charge on any atom is -0.493 e. The molecule has 32 heavy (non-hydrogen) atoms. The molecule has 0 spiro atoms. The molecule has 0 unspecified atom stereocenters. The Kier molecular flexibility index (Phi) is 6.49. The first-order valence-corrected chi connectivity index (χ1v) is 10.4. The molecule has 0 atom stereocenters. The zero-order valence-electron chi connectivity index (χ0n) is 18.0. The lowest BCUT2D eigenvalue weighted by molar-refractivity contribution is -0.127. The number of aromatic nitrogens is 2. The van der Waals surface area contributed by atoms with E-state index in [9.17, 15) is 9.18 Å². The van der Waals surface area contributed by atoms with Gasteiger partial charge in [0.25, 0.3) is 0 Å². The Bertz CT molecular complexity index is 1100.